The first-order valence-electron chi connectivity index (χ1n) is 8.18. The monoisotopic (exact) mass is 271 g/mol. The molecule has 0 heterocycles. The largest absolute Gasteiger partial charge is 0.377 e. The summed E-state index contributed by atoms with van der Waals surface area (Å²) in [4.78, 5) is 11.1. The number of carbonyl (C=O) groups is 1. The molecule has 0 unspecified atom stereocenters. The Morgan fingerprint density at radius 2 is 1.21 bits per heavy atom. The molecule has 0 aromatic heterocycles. The van der Waals surface area contributed by atoms with Crippen molar-refractivity contribution < 1.29 is 9.90 Å². The van der Waals surface area contributed by atoms with Gasteiger partial charge in [-0.05, 0) is 6.42 Å². The zero-order valence-electron chi connectivity index (χ0n) is 12.8. The van der Waals surface area contributed by atoms with Crippen LogP contribution in [0.4, 0.5) is 0 Å². The van der Waals surface area contributed by atoms with E-state index in [2.05, 4.69) is 12.2 Å². The maximum Gasteiger partial charge on any atom is 0.221 e. The van der Waals surface area contributed by atoms with Gasteiger partial charge >= 0.3 is 0 Å². The lowest BCUT2D eigenvalue weighted by atomic mass is 10.0. The summed E-state index contributed by atoms with van der Waals surface area (Å²) < 4.78 is 0. The van der Waals surface area contributed by atoms with Gasteiger partial charge in [-0.1, -0.05) is 77.6 Å². The van der Waals surface area contributed by atoms with Gasteiger partial charge in [0.05, 0.1) is 0 Å². The SMILES string of the molecule is CCCCCCCCCCCCCCC(=O)NCO. The van der Waals surface area contributed by atoms with Gasteiger partial charge < -0.3 is 10.4 Å². The number of amides is 1. The normalized spacial score (nSPS) is 10.6. The Hall–Kier alpha value is -0.570. The number of carbonyl (C=O) groups excluding carboxylic acids is 1. The predicted molar refractivity (Wildman–Crippen MR) is 80.9 cm³/mol. The fourth-order valence-electron chi connectivity index (χ4n) is 2.30. The van der Waals surface area contributed by atoms with Crippen LogP contribution in [0.5, 0.6) is 0 Å². The molecule has 1 amide bonds. The van der Waals surface area contributed by atoms with E-state index in [0.29, 0.717) is 6.42 Å². The summed E-state index contributed by atoms with van der Waals surface area (Å²) in [7, 11) is 0. The first-order valence-corrected chi connectivity index (χ1v) is 8.18. The van der Waals surface area contributed by atoms with Crippen LogP contribution < -0.4 is 5.32 Å². The molecule has 0 aliphatic heterocycles. The highest BCUT2D eigenvalue weighted by Crippen LogP contribution is 2.12. The second kappa shape index (κ2) is 15.5. The molecule has 0 aliphatic carbocycles. The summed E-state index contributed by atoms with van der Waals surface area (Å²) in [6.45, 7) is 2.02. The molecule has 0 bridgehead atoms. The molecule has 0 fully saturated rings. The van der Waals surface area contributed by atoms with Crippen molar-refractivity contribution in [1.29, 1.82) is 0 Å². The van der Waals surface area contributed by atoms with Crippen LogP contribution >= 0.6 is 0 Å². The summed E-state index contributed by atoms with van der Waals surface area (Å²) in [5, 5.41) is 10.9. The average molecular weight is 271 g/mol. The number of hydrogen-bond acceptors (Lipinski definition) is 2. The van der Waals surface area contributed by atoms with Crippen molar-refractivity contribution in [3.63, 3.8) is 0 Å². The standard InChI is InChI=1S/C16H33NO2/c1-2-3-4-5-6-7-8-9-10-11-12-13-14-16(19)17-15-18/h18H,2-15H2,1H3,(H,17,19). The van der Waals surface area contributed by atoms with Gasteiger partial charge in [-0.25, -0.2) is 0 Å². The second-order valence-electron chi connectivity index (χ2n) is 5.40. The third-order valence-corrected chi connectivity index (χ3v) is 3.53. The third-order valence-electron chi connectivity index (χ3n) is 3.53. The highest BCUT2D eigenvalue weighted by Gasteiger charge is 1.98. The van der Waals surface area contributed by atoms with Crippen LogP contribution in [0.25, 0.3) is 0 Å². The van der Waals surface area contributed by atoms with Crippen LogP contribution in [0.1, 0.15) is 90.4 Å². The van der Waals surface area contributed by atoms with E-state index >= 15 is 0 Å². The molecule has 0 saturated heterocycles. The smallest absolute Gasteiger partial charge is 0.221 e. The van der Waals surface area contributed by atoms with Crippen molar-refractivity contribution in [3.8, 4) is 0 Å². The number of aliphatic hydroxyl groups excluding tert-OH is 1. The highest BCUT2D eigenvalue weighted by molar-refractivity contribution is 5.75. The van der Waals surface area contributed by atoms with E-state index in [9.17, 15) is 4.79 Å². The molecule has 0 rings (SSSR count). The Balaban J connectivity index is 3.01. The van der Waals surface area contributed by atoms with Crippen molar-refractivity contribution >= 4 is 5.91 Å². The minimum atomic E-state index is -0.239. The first-order chi connectivity index (χ1) is 9.31. The van der Waals surface area contributed by atoms with E-state index in [4.69, 9.17) is 5.11 Å². The van der Waals surface area contributed by atoms with Gasteiger partial charge in [-0.3, -0.25) is 4.79 Å². The fourth-order valence-corrected chi connectivity index (χ4v) is 2.30. The van der Waals surface area contributed by atoms with E-state index in [0.717, 1.165) is 12.8 Å². The molecule has 3 nitrogen and oxygen atoms in total. The minimum absolute atomic E-state index is 0.0328. The van der Waals surface area contributed by atoms with Crippen LogP contribution in [0.2, 0.25) is 0 Å². The van der Waals surface area contributed by atoms with Crippen LogP contribution in [0, 0.1) is 0 Å². The molecule has 0 aromatic rings. The summed E-state index contributed by atoms with van der Waals surface area (Å²) in [6.07, 6.45) is 16.2. The molecule has 0 aliphatic rings. The molecule has 0 spiro atoms. The lowest BCUT2D eigenvalue weighted by Crippen LogP contribution is -2.23. The summed E-state index contributed by atoms with van der Waals surface area (Å²) in [6, 6.07) is 0. The molecule has 0 saturated carbocycles. The van der Waals surface area contributed by atoms with Gasteiger partial charge in [0.2, 0.25) is 5.91 Å². The number of nitrogens with one attached hydrogen (secondary N) is 1. The molecule has 0 aromatic carbocycles. The number of hydrogen-bond donors (Lipinski definition) is 2. The van der Waals surface area contributed by atoms with Crippen molar-refractivity contribution in [2.24, 2.45) is 0 Å². The molecular weight excluding hydrogens is 238 g/mol. The Morgan fingerprint density at radius 1 is 0.789 bits per heavy atom. The average Bonchev–Trinajstić information content (AvgIpc) is 2.40. The van der Waals surface area contributed by atoms with Gasteiger partial charge in [-0.15, -0.1) is 0 Å². The van der Waals surface area contributed by atoms with Gasteiger partial charge in [0.25, 0.3) is 0 Å². The van der Waals surface area contributed by atoms with E-state index in [1.54, 1.807) is 0 Å². The second-order valence-corrected chi connectivity index (χ2v) is 5.40. The van der Waals surface area contributed by atoms with Gasteiger partial charge in [0.15, 0.2) is 0 Å². The van der Waals surface area contributed by atoms with E-state index in [1.165, 1.54) is 64.2 Å². The molecule has 114 valence electrons. The Morgan fingerprint density at radius 3 is 1.63 bits per heavy atom. The lowest BCUT2D eigenvalue weighted by molar-refractivity contribution is -0.122. The van der Waals surface area contributed by atoms with Gasteiger partial charge in [-0.2, -0.15) is 0 Å². The van der Waals surface area contributed by atoms with E-state index in [1.807, 2.05) is 0 Å². The molecule has 19 heavy (non-hydrogen) atoms. The van der Waals surface area contributed by atoms with Gasteiger partial charge in [0, 0.05) is 6.42 Å². The van der Waals surface area contributed by atoms with Crippen LogP contribution in [-0.4, -0.2) is 17.7 Å². The van der Waals surface area contributed by atoms with E-state index < -0.39 is 0 Å². The van der Waals surface area contributed by atoms with Crippen LogP contribution in [0.3, 0.4) is 0 Å². The third kappa shape index (κ3) is 15.4. The number of unbranched alkanes of at least 4 members (excludes halogenated alkanes) is 11. The van der Waals surface area contributed by atoms with E-state index in [-0.39, 0.29) is 12.6 Å². The maximum atomic E-state index is 11.1. The highest BCUT2D eigenvalue weighted by atomic mass is 16.3. The predicted octanol–water partition coefficient (Wildman–Crippen LogP) is 4.14. The Kier molecular flexibility index (Phi) is 15.0. The summed E-state index contributed by atoms with van der Waals surface area (Å²) >= 11 is 0. The lowest BCUT2D eigenvalue weighted by Gasteiger charge is -2.03. The zero-order valence-corrected chi connectivity index (χ0v) is 12.8. The molecule has 0 radical (unpaired) electrons. The molecule has 0 atom stereocenters. The molecular formula is C16H33NO2. The summed E-state index contributed by atoms with van der Waals surface area (Å²) in [5.74, 6) is -0.0328. The Bertz CT molecular complexity index is 195. The first kappa shape index (κ1) is 18.4. The topological polar surface area (TPSA) is 49.3 Å². The van der Waals surface area contributed by atoms with Crippen molar-refractivity contribution in [2.75, 3.05) is 6.73 Å². The maximum absolute atomic E-state index is 11.1. The molecule has 2 N–H and O–H groups in total. The summed E-state index contributed by atoms with van der Waals surface area (Å²) in [5.41, 5.74) is 0. The van der Waals surface area contributed by atoms with Crippen LogP contribution in [-0.2, 0) is 4.79 Å². The number of rotatable bonds is 14. The van der Waals surface area contributed by atoms with Crippen molar-refractivity contribution in [2.45, 2.75) is 90.4 Å². The van der Waals surface area contributed by atoms with Crippen molar-refractivity contribution in [3.05, 3.63) is 0 Å². The van der Waals surface area contributed by atoms with Gasteiger partial charge in [0.1, 0.15) is 6.73 Å². The van der Waals surface area contributed by atoms with Crippen LogP contribution in [0.15, 0.2) is 0 Å². The van der Waals surface area contributed by atoms with Crippen molar-refractivity contribution in [1.82, 2.24) is 5.32 Å². The fraction of sp³-hybridized carbons (Fsp3) is 0.938. The zero-order chi connectivity index (χ0) is 14.2. The number of aliphatic hydroxyl groups is 1. The Labute approximate surface area is 119 Å². The quantitative estimate of drug-likeness (QED) is 0.368. The minimum Gasteiger partial charge on any atom is -0.377 e. The molecule has 3 heteroatoms.